The van der Waals surface area contributed by atoms with E-state index in [0.717, 1.165) is 11.1 Å². The van der Waals surface area contributed by atoms with Crippen molar-refractivity contribution in [2.75, 3.05) is 66.1 Å². The third-order valence-corrected chi connectivity index (χ3v) is 6.26. The molecule has 1 N–H and O–H groups in total. The van der Waals surface area contributed by atoms with E-state index in [0.29, 0.717) is 88.7 Å². The minimum Gasteiger partial charge on any atom is -0.507 e. The maximum absolute atomic E-state index is 11.8. The molecule has 0 atom stereocenters. The van der Waals surface area contributed by atoms with E-state index in [1.807, 2.05) is 48.5 Å². The number of nitrogens with zero attached hydrogens (tertiary/aromatic N) is 1. The summed E-state index contributed by atoms with van der Waals surface area (Å²) in [7, 11) is 0. The largest absolute Gasteiger partial charge is 0.507 e. The highest BCUT2D eigenvalue weighted by atomic mass is 16.6. The minimum absolute atomic E-state index is 0.00685. The molecular formula is C30H35NO9. The first-order chi connectivity index (χ1) is 19.6. The van der Waals surface area contributed by atoms with Gasteiger partial charge in [0.1, 0.15) is 30.5 Å². The Hall–Kier alpha value is -3.70. The lowest BCUT2D eigenvalue weighted by molar-refractivity contribution is -0.385. The molecule has 0 aliphatic carbocycles. The Labute approximate surface area is 233 Å². The summed E-state index contributed by atoms with van der Waals surface area (Å²) in [4.78, 5) is 11.3. The smallest absolute Gasteiger partial charge is 0.270 e. The van der Waals surface area contributed by atoms with Crippen LogP contribution in [0.15, 0.2) is 60.7 Å². The molecule has 2 bridgehead atoms. The minimum atomic E-state index is -0.448. The van der Waals surface area contributed by atoms with Crippen molar-refractivity contribution >= 4 is 5.69 Å². The average molecular weight is 554 g/mol. The summed E-state index contributed by atoms with van der Waals surface area (Å²) in [5.74, 6) is 1.25. The molecule has 3 aromatic carbocycles. The first-order valence-corrected chi connectivity index (χ1v) is 13.3. The monoisotopic (exact) mass is 553 g/mol. The number of para-hydroxylation sites is 2. The molecule has 10 heteroatoms. The van der Waals surface area contributed by atoms with Crippen LogP contribution in [0.25, 0.3) is 0 Å². The van der Waals surface area contributed by atoms with E-state index in [4.69, 9.17) is 28.4 Å². The van der Waals surface area contributed by atoms with Gasteiger partial charge in [-0.3, -0.25) is 10.1 Å². The van der Waals surface area contributed by atoms with Crippen LogP contribution in [0, 0.1) is 10.1 Å². The zero-order valence-electron chi connectivity index (χ0n) is 22.4. The zero-order chi connectivity index (χ0) is 28.0. The normalized spacial score (nSPS) is 16.6. The molecule has 1 heterocycles. The van der Waals surface area contributed by atoms with Crippen LogP contribution in [-0.2, 0) is 31.8 Å². The van der Waals surface area contributed by atoms with Crippen LogP contribution < -0.4 is 9.47 Å². The molecule has 4 rings (SSSR count). The molecule has 0 spiro atoms. The van der Waals surface area contributed by atoms with Gasteiger partial charge in [0.05, 0.1) is 57.8 Å². The molecule has 0 amide bonds. The molecule has 0 fully saturated rings. The maximum atomic E-state index is 11.8. The van der Waals surface area contributed by atoms with Gasteiger partial charge in [0.15, 0.2) is 0 Å². The van der Waals surface area contributed by atoms with E-state index in [1.54, 1.807) is 0 Å². The van der Waals surface area contributed by atoms with Gasteiger partial charge in [-0.05, 0) is 23.3 Å². The van der Waals surface area contributed by atoms with Crippen molar-refractivity contribution in [2.45, 2.75) is 12.8 Å². The summed E-state index contributed by atoms with van der Waals surface area (Å²) in [6, 6.07) is 17.7. The quantitative estimate of drug-likeness (QED) is 0.347. The first-order valence-electron chi connectivity index (χ1n) is 13.3. The topological polar surface area (TPSA) is 119 Å². The summed E-state index contributed by atoms with van der Waals surface area (Å²) in [6.45, 7) is 4.09. The fourth-order valence-corrected chi connectivity index (χ4v) is 4.29. The number of phenols is 1. The van der Waals surface area contributed by atoms with E-state index < -0.39 is 4.92 Å². The fourth-order valence-electron chi connectivity index (χ4n) is 4.29. The standard InChI is InChI=1S/C30H35NO9/c32-30-25-19-23-5-1-3-7-28(23)39-17-15-37-13-11-35-9-10-36-12-14-38-16-18-40-29-8-4-2-6-24(29)20-26(30)22-27(21-25)31(33)34/h1-8,21-22,32H,9-20H2. The Kier molecular flexibility index (Phi) is 11.6. The summed E-state index contributed by atoms with van der Waals surface area (Å²) < 4.78 is 34.1. The van der Waals surface area contributed by atoms with Crippen LogP contribution in [-0.4, -0.2) is 76.1 Å². The highest BCUT2D eigenvalue weighted by Gasteiger charge is 2.19. The predicted octanol–water partition coefficient (Wildman–Crippen LogP) is 4.32. The number of non-ortho nitro benzene ring substituents is 1. The molecular weight excluding hydrogens is 518 g/mol. The summed E-state index contributed by atoms with van der Waals surface area (Å²) in [5, 5.41) is 23.0. The molecule has 10 nitrogen and oxygen atoms in total. The molecule has 0 radical (unpaired) electrons. The van der Waals surface area contributed by atoms with Crippen LogP contribution in [0.1, 0.15) is 22.3 Å². The zero-order valence-corrected chi connectivity index (χ0v) is 22.4. The van der Waals surface area contributed by atoms with Crippen molar-refractivity contribution in [1.82, 2.24) is 0 Å². The molecule has 214 valence electrons. The van der Waals surface area contributed by atoms with Crippen molar-refractivity contribution in [3.8, 4) is 17.2 Å². The molecule has 0 saturated carbocycles. The molecule has 0 unspecified atom stereocenters. The number of rotatable bonds is 1. The van der Waals surface area contributed by atoms with Crippen LogP contribution >= 0.6 is 0 Å². The number of ether oxygens (including phenoxy) is 6. The molecule has 3 aromatic rings. The summed E-state index contributed by atoms with van der Waals surface area (Å²) >= 11 is 0. The molecule has 0 saturated heterocycles. The van der Waals surface area contributed by atoms with E-state index >= 15 is 0 Å². The van der Waals surface area contributed by atoms with Crippen LogP contribution in [0.5, 0.6) is 17.2 Å². The SMILES string of the molecule is O=[N+]([O-])c1cc2c(O)c(c1)Cc1ccccc1OCCOCCOCCOCCOCCOc1ccccc1C2. The van der Waals surface area contributed by atoms with E-state index in [-0.39, 0.29) is 24.3 Å². The number of benzene rings is 3. The van der Waals surface area contributed by atoms with Gasteiger partial charge in [-0.1, -0.05) is 36.4 Å². The second-order valence-electron chi connectivity index (χ2n) is 9.09. The number of hydrogen-bond donors (Lipinski definition) is 1. The van der Waals surface area contributed by atoms with Gasteiger partial charge in [0.25, 0.3) is 5.69 Å². The van der Waals surface area contributed by atoms with Crippen LogP contribution in [0.2, 0.25) is 0 Å². The van der Waals surface area contributed by atoms with E-state index in [2.05, 4.69) is 0 Å². The van der Waals surface area contributed by atoms with Crippen LogP contribution in [0.3, 0.4) is 0 Å². The first kappa shape index (κ1) is 29.3. The Morgan fingerprint density at radius 3 is 1.35 bits per heavy atom. The lowest BCUT2D eigenvalue weighted by atomic mass is 9.96. The molecule has 1 aliphatic rings. The van der Waals surface area contributed by atoms with Gasteiger partial charge in [-0.15, -0.1) is 0 Å². The lowest BCUT2D eigenvalue weighted by Gasteiger charge is -2.15. The second-order valence-corrected chi connectivity index (χ2v) is 9.09. The predicted molar refractivity (Wildman–Crippen MR) is 148 cm³/mol. The highest BCUT2D eigenvalue weighted by Crippen LogP contribution is 2.35. The fraction of sp³-hybridized carbons (Fsp3) is 0.400. The Bertz CT molecular complexity index is 1150. The van der Waals surface area contributed by atoms with E-state index in [9.17, 15) is 15.2 Å². The van der Waals surface area contributed by atoms with Gasteiger partial charge in [0, 0.05) is 36.1 Å². The van der Waals surface area contributed by atoms with Crippen molar-refractivity contribution in [2.24, 2.45) is 0 Å². The van der Waals surface area contributed by atoms with Crippen molar-refractivity contribution in [3.63, 3.8) is 0 Å². The molecule has 40 heavy (non-hydrogen) atoms. The lowest BCUT2D eigenvalue weighted by Crippen LogP contribution is -2.15. The highest BCUT2D eigenvalue weighted by molar-refractivity contribution is 5.54. The number of nitro groups is 1. The number of aromatic hydroxyl groups is 1. The Morgan fingerprint density at radius 1 is 0.575 bits per heavy atom. The molecule has 0 aromatic heterocycles. The number of nitro benzene ring substituents is 1. The summed E-state index contributed by atoms with van der Waals surface area (Å²) in [5.41, 5.74) is 2.37. The van der Waals surface area contributed by atoms with Crippen molar-refractivity contribution in [1.29, 1.82) is 0 Å². The van der Waals surface area contributed by atoms with Crippen molar-refractivity contribution < 1.29 is 38.5 Å². The molecule has 1 aliphatic heterocycles. The number of fused-ring (bicyclic) bond motifs is 4. The number of hydrogen-bond acceptors (Lipinski definition) is 9. The summed E-state index contributed by atoms with van der Waals surface area (Å²) in [6.07, 6.45) is 0.506. The average Bonchev–Trinajstić information content (AvgIpc) is 2.95. The van der Waals surface area contributed by atoms with Crippen molar-refractivity contribution in [3.05, 3.63) is 93.0 Å². The number of phenolic OH excluding ortho intramolecular Hbond substituents is 1. The Morgan fingerprint density at radius 2 is 0.950 bits per heavy atom. The van der Waals surface area contributed by atoms with Gasteiger partial charge < -0.3 is 33.5 Å². The van der Waals surface area contributed by atoms with Crippen LogP contribution in [0.4, 0.5) is 5.69 Å². The maximum Gasteiger partial charge on any atom is 0.270 e. The third kappa shape index (κ3) is 8.92. The van der Waals surface area contributed by atoms with E-state index in [1.165, 1.54) is 12.1 Å². The second kappa shape index (κ2) is 15.8. The Balaban J connectivity index is 1.57. The van der Waals surface area contributed by atoms with Gasteiger partial charge >= 0.3 is 0 Å². The van der Waals surface area contributed by atoms with Gasteiger partial charge in [0.2, 0.25) is 0 Å². The van der Waals surface area contributed by atoms with Gasteiger partial charge in [-0.2, -0.15) is 0 Å². The third-order valence-electron chi connectivity index (χ3n) is 6.26. The van der Waals surface area contributed by atoms with Gasteiger partial charge in [-0.25, -0.2) is 0 Å².